The first-order valence-electron chi connectivity index (χ1n) is 9.88. The molecule has 1 amide bonds. The van der Waals surface area contributed by atoms with Gasteiger partial charge in [0.05, 0.1) is 36.1 Å². The number of aromatic nitrogens is 1. The van der Waals surface area contributed by atoms with Crippen molar-refractivity contribution in [2.24, 2.45) is 0 Å². The highest BCUT2D eigenvalue weighted by Crippen LogP contribution is 2.49. The summed E-state index contributed by atoms with van der Waals surface area (Å²) in [6.45, 7) is -0.0287. The molecular weight excluding hydrogens is 439 g/mol. The van der Waals surface area contributed by atoms with Crippen molar-refractivity contribution in [3.63, 3.8) is 0 Å². The highest BCUT2D eigenvalue weighted by Gasteiger charge is 2.44. The van der Waals surface area contributed by atoms with Crippen LogP contribution in [0.2, 0.25) is 5.02 Å². The van der Waals surface area contributed by atoms with Crippen LogP contribution >= 0.6 is 11.6 Å². The lowest BCUT2D eigenvalue weighted by atomic mass is 9.92. The van der Waals surface area contributed by atoms with Crippen molar-refractivity contribution in [2.45, 2.75) is 18.3 Å². The van der Waals surface area contributed by atoms with Crippen LogP contribution in [0.15, 0.2) is 40.9 Å². The molecule has 164 valence electrons. The zero-order valence-electron chi connectivity index (χ0n) is 16.9. The molecule has 1 aliphatic heterocycles. The molecule has 0 unspecified atom stereocenters. The first-order valence-corrected chi connectivity index (χ1v) is 10.3. The molecule has 3 aromatic rings. The minimum Gasteiger partial charge on any atom is -0.504 e. The van der Waals surface area contributed by atoms with Crippen molar-refractivity contribution in [1.82, 2.24) is 5.16 Å². The fourth-order valence-electron chi connectivity index (χ4n) is 3.97. The Kier molecular flexibility index (Phi) is 4.72. The number of methoxy groups -OCH3 is 1. The normalized spacial score (nSPS) is 17.7. The van der Waals surface area contributed by atoms with E-state index in [1.165, 1.54) is 25.3 Å². The van der Waals surface area contributed by atoms with Gasteiger partial charge in [-0.25, -0.2) is 4.39 Å². The van der Waals surface area contributed by atoms with Gasteiger partial charge in [0.2, 0.25) is 5.76 Å². The van der Waals surface area contributed by atoms with Gasteiger partial charge < -0.3 is 24.8 Å². The molecule has 2 heterocycles. The van der Waals surface area contributed by atoms with Crippen molar-refractivity contribution < 1.29 is 28.7 Å². The summed E-state index contributed by atoms with van der Waals surface area (Å²) in [5.74, 6) is -1.39. The Labute approximate surface area is 187 Å². The molecule has 2 aliphatic rings. The molecule has 7 nitrogen and oxygen atoms in total. The Balaban J connectivity index is 1.61. The Bertz CT molecular complexity index is 1300. The number of carbonyl (C=O) groups excluding carboxylic acids is 1. The van der Waals surface area contributed by atoms with Gasteiger partial charge >= 0.3 is 0 Å². The number of ether oxygens (including phenoxy) is 1. The van der Waals surface area contributed by atoms with Gasteiger partial charge in [0.1, 0.15) is 5.82 Å². The maximum Gasteiger partial charge on any atom is 0.260 e. The molecular formula is C23H18ClFN2O5. The Hall–Kier alpha value is -3.36. The second-order valence-electron chi connectivity index (χ2n) is 7.92. The number of benzene rings is 2. The third kappa shape index (κ3) is 3.14. The number of hydrogen-bond acceptors (Lipinski definition) is 6. The second kappa shape index (κ2) is 7.36. The van der Waals surface area contributed by atoms with E-state index in [0.29, 0.717) is 16.8 Å². The summed E-state index contributed by atoms with van der Waals surface area (Å²) in [5, 5.41) is 26.8. The lowest BCUT2D eigenvalue weighted by Crippen LogP contribution is -2.12. The van der Waals surface area contributed by atoms with Crippen molar-refractivity contribution in [3.8, 4) is 17.0 Å². The van der Waals surface area contributed by atoms with Gasteiger partial charge in [-0.1, -0.05) is 23.7 Å². The summed E-state index contributed by atoms with van der Waals surface area (Å²) in [5.41, 5.74) is 1.66. The average molecular weight is 457 g/mol. The first kappa shape index (κ1) is 20.5. The summed E-state index contributed by atoms with van der Waals surface area (Å²) < 4.78 is 25.1. The van der Waals surface area contributed by atoms with Crippen molar-refractivity contribution in [3.05, 3.63) is 64.1 Å². The van der Waals surface area contributed by atoms with Gasteiger partial charge in [0, 0.05) is 22.1 Å². The summed E-state index contributed by atoms with van der Waals surface area (Å²) in [4.78, 5) is 12.6. The quantitative estimate of drug-likeness (QED) is 0.384. The summed E-state index contributed by atoms with van der Waals surface area (Å²) in [6.07, 6.45) is 1.63. The highest BCUT2D eigenvalue weighted by atomic mass is 35.5. The zero-order chi connectivity index (χ0) is 22.6. The van der Waals surface area contributed by atoms with Gasteiger partial charge in [-0.15, -0.1) is 0 Å². The number of fused-ring (bicyclic) bond motifs is 1. The van der Waals surface area contributed by atoms with Crippen LogP contribution in [0.1, 0.15) is 29.7 Å². The van der Waals surface area contributed by atoms with Gasteiger partial charge in [-0.05, 0) is 41.8 Å². The fraction of sp³-hybridized carbons (Fsp3) is 0.217. The Morgan fingerprint density at radius 2 is 2.03 bits per heavy atom. The Morgan fingerprint density at radius 1 is 1.25 bits per heavy atom. The van der Waals surface area contributed by atoms with Gasteiger partial charge in [0.15, 0.2) is 5.76 Å². The van der Waals surface area contributed by atoms with Gasteiger partial charge in [0.25, 0.3) is 11.8 Å². The molecule has 1 saturated carbocycles. The smallest absolute Gasteiger partial charge is 0.260 e. The minimum atomic E-state index is -0.560. The molecule has 2 aromatic carbocycles. The van der Waals surface area contributed by atoms with Crippen LogP contribution in [0.4, 0.5) is 10.1 Å². The third-order valence-electron chi connectivity index (χ3n) is 6.05. The highest BCUT2D eigenvalue weighted by molar-refractivity contribution is 6.38. The Morgan fingerprint density at radius 3 is 2.66 bits per heavy atom. The molecule has 0 atom stereocenters. The number of hydrogen-bond donors (Lipinski definition) is 3. The SMILES string of the molecule is COc1cc(C(O)=C2C(=O)Nc3cc(Cl)c(-c4ccc(C5(CO)CC5)cc4F)cc32)on1. The van der Waals surface area contributed by atoms with E-state index in [1.54, 1.807) is 18.2 Å². The number of carbonyl (C=O) groups is 1. The minimum absolute atomic E-state index is 0.0287. The number of nitrogens with one attached hydrogen (secondary N) is 1. The van der Waals surface area contributed by atoms with Crippen molar-refractivity contribution in [2.75, 3.05) is 19.0 Å². The van der Waals surface area contributed by atoms with Gasteiger partial charge in [-0.2, -0.15) is 0 Å². The zero-order valence-corrected chi connectivity index (χ0v) is 17.7. The lowest BCUT2D eigenvalue weighted by Gasteiger charge is -2.15. The van der Waals surface area contributed by atoms with Crippen LogP contribution in [0.5, 0.6) is 5.88 Å². The lowest BCUT2D eigenvalue weighted by molar-refractivity contribution is -0.110. The molecule has 5 rings (SSSR count). The van der Waals surface area contributed by atoms with Crippen LogP contribution in [-0.4, -0.2) is 35.0 Å². The van der Waals surface area contributed by atoms with Crippen LogP contribution in [0.25, 0.3) is 22.5 Å². The number of aliphatic hydroxyl groups is 2. The number of rotatable bonds is 5. The molecule has 0 saturated heterocycles. The molecule has 1 aliphatic carbocycles. The molecule has 9 heteroatoms. The summed E-state index contributed by atoms with van der Waals surface area (Å²) in [7, 11) is 1.39. The van der Waals surface area contributed by atoms with Crippen LogP contribution in [-0.2, 0) is 10.2 Å². The maximum atomic E-state index is 15.1. The maximum absolute atomic E-state index is 15.1. The van der Waals surface area contributed by atoms with E-state index in [2.05, 4.69) is 10.5 Å². The van der Waals surface area contributed by atoms with Crippen LogP contribution < -0.4 is 10.1 Å². The van der Waals surface area contributed by atoms with E-state index in [9.17, 15) is 15.0 Å². The monoisotopic (exact) mass is 456 g/mol. The molecule has 0 spiro atoms. The predicted octanol–water partition coefficient (Wildman–Crippen LogP) is 4.55. The topological polar surface area (TPSA) is 105 Å². The predicted molar refractivity (Wildman–Crippen MR) is 116 cm³/mol. The van der Waals surface area contributed by atoms with E-state index >= 15 is 4.39 Å². The largest absolute Gasteiger partial charge is 0.504 e. The fourth-order valence-corrected chi connectivity index (χ4v) is 4.24. The first-order chi connectivity index (χ1) is 15.4. The number of anilines is 1. The van der Waals surface area contributed by atoms with Crippen molar-refractivity contribution >= 4 is 34.5 Å². The molecule has 1 aromatic heterocycles. The van der Waals surface area contributed by atoms with Crippen LogP contribution in [0, 0.1) is 5.82 Å². The second-order valence-corrected chi connectivity index (χ2v) is 8.33. The molecule has 0 bridgehead atoms. The molecule has 32 heavy (non-hydrogen) atoms. The standard InChI is InChI=1S/C23H18ClFN2O5/c1-31-19-9-18(32-27-19)21(29)20-14-7-13(15(24)8-17(14)26-22(20)30)12-3-2-11(6-16(12)25)23(10-28)4-5-23/h2-3,6-9,28-29H,4-5,10H2,1H3,(H,26,30). The van der Waals surface area contributed by atoms with E-state index < -0.39 is 17.5 Å². The number of halogens is 2. The van der Waals surface area contributed by atoms with Crippen molar-refractivity contribution in [1.29, 1.82) is 0 Å². The van der Waals surface area contributed by atoms with E-state index in [0.717, 1.165) is 18.4 Å². The van der Waals surface area contributed by atoms with Crippen LogP contribution in [0.3, 0.4) is 0 Å². The molecule has 0 radical (unpaired) electrons. The molecule has 3 N–H and O–H groups in total. The van der Waals surface area contributed by atoms with E-state index in [4.69, 9.17) is 20.9 Å². The van der Waals surface area contributed by atoms with E-state index in [1.807, 2.05) is 0 Å². The average Bonchev–Trinajstić information content (AvgIpc) is 3.31. The van der Waals surface area contributed by atoms with E-state index in [-0.39, 0.29) is 39.8 Å². The number of nitrogens with zero attached hydrogens (tertiary/aromatic N) is 1. The molecule has 1 fully saturated rings. The summed E-state index contributed by atoms with van der Waals surface area (Å²) >= 11 is 6.42. The number of aliphatic hydroxyl groups excluding tert-OH is 2. The third-order valence-corrected chi connectivity index (χ3v) is 6.36. The summed E-state index contributed by atoms with van der Waals surface area (Å²) in [6, 6.07) is 9.21. The number of amides is 1. The van der Waals surface area contributed by atoms with Gasteiger partial charge in [-0.3, -0.25) is 4.79 Å².